The number of carboxylic acids is 1. The lowest BCUT2D eigenvalue weighted by Gasteiger charge is -2.04. The van der Waals surface area contributed by atoms with Crippen molar-refractivity contribution in [2.24, 2.45) is 5.73 Å². The van der Waals surface area contributed by atoms with Gasteiger partial charge in [-0.3, -0.25) is 14.9 Å². The topological polar surface area (TPSA) is 122 Å². The molecule has 1 aromatic carbocycles. The lowest BCUT2D eigenvalue weighted by atomic mass is 10.1. The minimum absolute atomic E-state index is 0.157. The second-order valence-electron chi connectivity index (χ2n) is 3.52. The van der Waals surface area contributed by atoms with Crippen molar-refractivity contribution in [3.05, 3.63) is 40.1 Å². The predicted molar refractivity (Wildman–Crippen MR) is 59.5 cm³/mol. The molecule has 0 bridgehead atoms. The fourth-order valence-corrected chi connectivity index (χ4v) is 1.72. The minimum Gasteiger partial charge on any atom is -0.480 e. The molecule has 0 spiro atoms. The lowest BCUT2D eigenvalue weighted by Crippen LogP contribution is -2.20. The maximum Gasteiger partial charge on any atom is 0.325 e. The summed E-state index contributed by atoms with van der Waals surface area (Å²) in [5, 5.41) is 19.9. The molecule has 0 amide bonds. The van der Waals surface area contributed by atoms with Crippen molar-refractivity contribution in [1.29, 1.82) is 0 Å². The highest BCUT2D eigenvalue weighted by atomic mass is 16.6. The van der Waals surface area contributed by atoms with Gasteiger partial charge >= 0.3 is 5.97 Å². The number of nitrogens with zero attached hydrogens (tertiary/aromatic N) is 1. The van der Waals surface area contributed by atoms with Crippen molar-refractivity contribution < 1.29 is 14.8 Å². The molecule has 1 heterocycles. The lowest BCUT2D eigenvalue weighted by molar-refractivity contribution is -0.383. The van der Waals surface area contributed by atoms with Gasteiger partial charge in [-0.15, -0.1) is 0 Å². The number of fused-ring (bicyclic) bond motifs is 1. The van der Waals surface area contributed by atoms with Gasteiger partial charge in [0.25, 0.3) is 5.69 Å². The van der Waals surface area contributed by atoms with Gasteiger partial charge in [0.1, 0.15) is 6.04 Å². The van der Waals surface area contributed by atoms with E-state index >= 15 is 0 Å². The standard InChI is InChI=1S/C10H9N3O4/c11-9(10(14)15)5-4-12-6-2-1-3-7(8(5)6)13(16)17/h1-4,9,12H,11H2,(H,14,15). The molecule has 1 unspecified atom stereocenters. The molecule has 1 atom stereocenters. The van der Waals surface area contributed by atoms with Crippen molar-refractivity contribution in [3.63, 3.8) is 0 Å². The predicted octanol–water partition coefficient (Wildman–Crippen LogP) is 1.16. The van der Waals surface area contributed by atoms with Crippen molar-refractivity contribution in [2.75, 3.05) is 0 Å². The van der Waals surface area contributed by atoms with Crippen molar-refractivity contribution in [3.8, 4) is 0 Å². The number of nitro benzene ring substituents is 1. The number of H-pyrrole nitrogens is 1. The molecule has 88 valence electrons. The minimum atomic E-state index is -1.29. The third kappa shape index (κ3) is 1.72. The van der Waals surface area contributed by atoms with Crippen LogP contribution < -0.4 is 5.73 Å². The molecule has 0 fully saturated rings. The number of aliphatic carboxylic acids is 1. The summed E-state index contributed by atoms with van der Waals surface area (Å²) < 4.78 is 0. The van der Waals surface area contributed by atoms with Gasteiger partial charge < -0.3 is 15.8 Å². The number of rotatable bonds is 3. The zero-order valence-corrected chi connectivity index (χ0v) is 8.58. The second kappa shape index (κ2) is 3.87. The molecular weight excluding hydrogens is 226 g/mol. The smallest absolute Gasteiger partial charge is 0.325 e. The largest absolute Gasteiger partial charge is 0.480 e. The van der Waals surface area contributed by atoms with E-state index in [0.29, 0.717) is 5.52 Å². The average Bonchev–Trinajstić information content (AvgIpc) is 2.70. The first kappa shape index (κ1) is 11.1. The summed E-state index contributed by atoms with van der Waals surface area (Å²) >= 11 is 0. The van der Waals surface area contributed by atoms with Gasteiger partial charge in [0.2, 0.25) is 0 Å². The fourth-order valence-electron chi connectivity index (χ4n) is 1.72. The Bertz CT molecular complexity index is 605. The fraction of sp³-hybridized carbons (Fsp3) is 0.100. The van der Waals surface area contributed by atoms with Crippen molar-refractivity contribution in [2.45, 2.75) is 6.04 Å². The maximum absolute atomic E-state index is 10.9. The van der Waals surface area contributed by atoms with E-state index in [2.05, 4.69) is 4.98 Å². The molecule has 0 radical (unpaired) electrons. The van der Waals surface area contributed by atoms with Gasteiger partial charge in [-0.1, -0.05) is 6.07 Å². The number of carboxylic acid groups (broad SMARTS) is 1. The second-order valence-corrected chi connectivity index (χ2v) is 3.52. The van der Waals surface area contributed by atoms with E-state index in [-0.39, 0.29) is 16.6 Å². The van der Waals surface area contributed by atoms with Crippen LogP contribution in [0, 0.1) is 10.1 Å². The zero-order valence-electron chi connectivity index (χ0n) is 8.58. The summed E-state index contributed by atoms with van der Waals surface area (Å²) in [7, 11) is 0. The first-order valence-corrected chi connectivity index (χ1v) is 4.75. The third-order valence-electron chi connectivity index (χ3n) is 2.51. The van der Waals surface area contributed by atoms with Gasteiger partial charge in [-0.25, -0.2) is 0 Å². The van der Waals surface area contributed by atoms with E-state index in [1.54, 1.807) is 6.07 Å². The molecule has 17 heavy (non-hydrogen) atoms. The number of hydrogen-bond donors (Lipinski definition) is 3. The summed E-state index contributed by atoms with van der Waals surface area (Å²) in [6.45, 7) is 0. The Balaban J connectivity index is 2.73. The first-order valence-electron chi connectivity index (χ1n) is 4.75. The van der Waals surface area contributed by atoms with Gasteiger partial charge in [-0.2, -0.15) is 0 Å². The number of nitrogens with one attached hydrogen (secondary N) is 1. The highest BCUT2D eigenvalue weighted by Gasteiger charge is 2.23. The van der Waals surface area contributed by atoms with E-state index in [0.717, 1.165) is 0 Å². The van der Waals surface area contributed by atoms with E-state index in [1.165, 1.54) is 18.3 Å². The molecule has 2 rings (SSSR count). The molecule has 0 aliphatic rings. The van der Waals surface area contributed by atoms with E-state index in [9.17, 15) is 14.9 Å². The van der Waals surface area contributed by atoms with Crippen LogP contribution in [0.15, 0.2) is 24.4 Å². The molecular formula is C10H9N3O4. The van der Waals surface area contributed by atoms with Crippen LogP contribution in [0.4, 0.5) is 5.69 Å². The van der Waals surface area contributed by atoms with Crippen LogP contribution in [0.1, 0.15) is 11.6 Å². The number of aromatic nitrogens is 1. The average molecular weight is 235 g/mol. The Morgan fingerprint density at radius 2 is 2.24 bits per heavy atom. The molecule has 0 aliphatic carbocycles. The van der Waals surface area contributed by atoms with Crippen molar-refractivity contribution >= 4 is 22.6 Å². The highest BCUT2D eigenvalue weighted by molar-refractivity contribution is 5.95. The van der Waals surface area contributed by atoms with E-state index < -0.39 is 16.9 Å². The molecule has 1 aromatic heterocycles. The summed E-state index contributed by atoms with van der Waals surface area (Å²) in [6, 6.07) is 3.17. The molecule has 0 saturated carbocycles. The maximum atomic E-state index is 10.9. The SMILES string of the molecule is NC(C(=O)O)c1c[nH]c2cccc([N+](=O)[O-])c12. The number of nitrogens with two attached hydrogens (primary N) is 1. The molecule has 0 saturated heterocycles. The molecule has 0 aliphatic heterocycles. The van der Waals surface area contributed by atoms with Crippen molar-refractivity contribution in [1.82, 2.24) is 4.98 Å². The first-order chi connectivity index (χ1) is 8.02. The summed E-state index contributed by atoms with van der Waals surface area (Å²) in [5.74, 6) is -1.23. The molecule has 7 heteroatoms. The monoisotopic (exact) mass is 235 g/mol. The Morgan fingerprint density at radius 3 is 2.82 bits per heavy atom. The van der Waals surface area contributed by atoms with Crippen LogP contribution in [0.3, 0.4) is 0 Å². The van der Waals surface area contributed by atoms with Crippen LogP contribution in [0.25, 0.3) is 10.9 Å². The zero-order chi connectivity index (χ0) is 12.6. The van der Waals surface area contributed by atoms with Gasteiger partial charge in [0.15, 0.2) is 0 Å². The summed E-state index contributed by atoms with van der Waals surface area (Å²) in [5.41, 5.74) is 6.02. The Morgan fingerprint density at radius 1 is 1.53 bits per heavy atom. The van der Waals surface area contributed by atoms with E-state index in [4.69, 9.17) is 10.8 Å². The number of carbonyl (C=O) groups is 1. The highest BCUT2D eigenvalue weighted by Crippen LogP contribution is 2.31. The number of hydrogen-bond acceptors (Lipinski definition) is 4. The Hall–Kier alpha value is -2.41. The van der Waals surface area contributed by atoms with Gasteiger partial charge in [-0.05, 0) is 6.07 Å². The van der Waals surface area contributed by atoms with Crippen LogP contribution >= 0.6 is 0 Å². The third-order valence-corrected chi connectivity index (χ3v) is 2.51. The van der Waals surface area contributed by atoms with Crippen LogP contribution in [0.5, 0.6) is 0 Å². The normalized spacial score (nSPS) is 12.5. The Kier molecular flexibility index (Phi) is 2.52. The molecule has 7 nitrogen and oxygen atoms in total. The van der Waals surface area contributed by atoms with Crippen LogP contribution in [-0.4, -0.2) is 21.0 Å². The quantitative estimate of drug-likeness (QED) is 0.544. The van der Waals surface area contributed by atoms with Gasteiger partial charge in [0, 0.05) is 17.8 Å². The summed E-state index contributed by atoms with van der Waals surface area (Å²) in [6.07, 6.45) is 1.39. The van der Waals surface area contributed by atoms with E-state index in [1.807, 2.05) is 0 Å². The molecule has 2 aromatic rings. The van der Waals surface area contributed by atoms with Gasteiger partial charge in [0.05, 0.1) is 15.8 Å². The number of benzene rings is 1. The van der Waals surface area contributed by atoms with Crippen LogP contribution in [-0.2, 0) is 4.79 Å². The Labute approximate surface area is 95.0 Å². The number of aromatic amines is 1. The molecule has 4 N–H and O–H groups in total. The van der Waals surface area contributed by atoms with Crippen LogP contribution in [0.2, 0.25) is 0 Å². The number of nitro groups is 1. The summed E-state index contributed by atoms with van der Waals surface area (Å²) in [4.78, 5) is 23.9. The number of non-ortho nitro benzene ring substituents is 1.